The number of nitrogens with zero attached hydrogens (tertiary/aromatic N) is 6. The zero-order valence-electron chi connectivity index (χ0n) is 21.7. The first kappa shape index (κ1) is 28.8. The van der Waals surface area contributed by atoms with Gasteiger partial charge in [-0.2, -0.15) is 0 Å². The van der Waals surface area contributed by atoms with Gasteiger partial charge in [-0.05, 0) is 12.1 Å². The fourth-order valence-electron chi connectivity index (χ4n) is 5.31. The second-order valence-electron chi connectivity index (χ2n) is 9.96. The summed E-state index contributed by atoms with van der Waals surface area (Å²) in [6.45, 7) is -1.58. The Morgan fingerprint density at radius 3 is 2.35 bits per heavy atom. The Balaban J connectivity index is 1.20. The number of halogens is 1. The van der Waals surface area contributed by atoms with Gasteiger partial charge >= 0.3 is 15.6 Å². The van der Waals surface area contributed by atoms with Crippen molar-refractivity contribution in [1.29, 1.82) is 0 Å². The van der Waals surface area contributed by atoms with E-state index in [-0.39, 0.29) is 17.0 Å². The molecule has 3 aliphatic heterocycles. The molecule has 7 rings (SSSR count). The first-order chi connectivity index (χ1) is 20.5. The molecule has 5 N–H and O–H groups in total. The Hall–Kier alpha value is -2.93. The molecule has 2 bridgehead atoms. The lowest BCUT2D eigenvalue weighted by Crippen LogP contribution is -2.35. The molecule has 21 heteroatoms. The van der Waals surface area contributed by atoms with Crippen molar-refractivity contribution in [3.63, 3.8) is 0 Å². The van der Waals surface area contributed by atoms with Crippen molar-refractivity contribution in [1.82, 2.24) is 29.1 Å². The molecule has 0 spiro atoms. The lowest BCUT2D eigenvalue weighted by Gasteiger charge is -2.25. The number of nitrogen functional groups attached to an aromatic ring is 1. The zero-order chi connectivity index (χ0) is 30.1. The third-order valence-corrected chi connectivity index (χ3v) is 9.28. The molecule has 230 valence electrons. The molecule has 0 radical (unpaired) electrons. The summed E-state index contributed by atoms with van der Waals surface area (Å²) in [5, 5.41) is 11.0. The van der Waals surface area contributed by atoms with Gasteiger partial charge in [-0.25, -0.2) is 33.5 Å². The highest BCUT2D eigenvalue weighted by Crippen LogP contribution is 2.54. The quantitative estimate of drug-likeness (QED) is 0.223. The molecule has 10 atom stereocenters. The molecule has 1 aromatic carbocycles. The van der Waals surface area contributed by atoms with Crippen molar-refractivity contribution in [3.8, 4) is 0 Å². The standard InChI is InChI=1S/C22H24FN7O11P2/c23-14-17-13(39-21(14)30-9-28-15-19(24)25-7-26-20(15)30)6-37-43(34,35)41-18-16(31)12(5-36-42(32,33)40-17)38-22(18)29-8-27-10-3-1-2-4-11(10)29/h1-4,7-9,12-14,16-18,21-22,31H,5-6H2,(H,32,33)(H,34,35)(H2,24,25,26). The fourth-order valence-corrected chi connectivity index (χ4v) is 7.20. The number of nitrogens with two attached hydrogens (primary N) is 1. The molecule has 3 saturated heterocycles. The number of aliphatic hydroxyl groups is 1. The Labute approximate surface area is 240 Å². The van der Waals surface area contributed by atoms with Gasteiger partial charge in [0.15, 0.2) is 30.1 Å². The van der Waals surface area contributed by atoms with E-state index in [9.17, 15) is 24.0 Å². The Morgan fingerprint density at radius 1 is 0.884 bits per heavy atom. The minimum absolute atomic E-state index is 0.0203. The average molecular weight is 643 g/mol. The number of fused-ring (bicyclic) bond motifs is 5. The number of anilines is 1. The number of imidazole rings is 2. The van der Waals surface area contributed by atoms with Crippen molar-refractivity contribution in [2.45, 2.75) is 49.1 Å². The SMILES string of the molecule is Nc1ncnc2c1ncn2C1OC2COP(=O)(O)OC3C(O)C(COP(=O)(O)OC2C1F)OC3n1cnc2ccccc21. The lowest BCUT2D eigenvalue weighted by molar-refractivity contribution is -0.0669. The van der Waals surface area contributed by atoms with Gasteiger partial charge < -0.3 is 34.7 Å². The molecule has 3 aromatic heterocycles. The van der Waals surface area contributed by atoms with Gasteiger partial charge in [0.25, 0.3) is 0 Å². The van der Waals surface area contributed by atoms with Gasteiger partial charge in [0.2, 0.25) is 0 Å². The molecular weight excluding hydrogens is 619 g/mol. The molecule has 4 aromatic rings. The van der Waals surface area contributed by atoms with E-state index in [4.69, 9.17) is 33.3 Å². The summed E-state index contributed by atoms with van der Waals surface area (Å²) < 4.78 is 77.0. The largest absolute Gasteiger partial charge is 0.472 e. The number of hydrogen-bond acceptors (Lipinski definition) is 14. The van der Waals surface area contributed by atoms with Crippen LogP contribution in [-0.2, 0) is 36.7 Å². The summed E-state index contributed by atoms with van der Waals surface area (Å²) in [5.74, 6) is 0.0203. The Morgan fingerprint density at radius 2 is 1.56 bits per heavy atom. The molecule has 3 fully saturated rings. The van der Waals surface area contributed by atoms with E-state index in [1.807, 2.05) is 0 Å². The summed E-state index contributed by atoms with van der Waals surface area (Å²) in [6.07, 6.45) is -9.15. The molecular formula is C22H24FN7O11P2. The van der Waals surface area contributed by atoms with E-state index >= 15 is 4.39 Å². The number of ether oxygens (including phenoxy) is 2. The molecule has 43 heavy (non-hydrogen) atoms. The van der Waals surface area contributed by atoms with E-state index < -0.39 is 78.0 Å². The van der Waals surface area contributed by atoms with Crippen LogP contribution >= 0.6 is 15.6 Å². The normalized spacial score (nSPS) is 38.9. The number of para-hydroxylation sites is 2. The summed E-state index contributed by atoms with van der Waals surface area (Å²) in [4.78, 5) is 37.4. The summed E-state index contributed by atoms with van der Waals surface area (Å²) >= 11 is 0. The number of aliphatic hydroxyl groups excluding tert-OH is 1. The van der Waals surface area contributed by atoms with Crippen LogP contribution < -0.4 is 5.73 Å². The van der Waals surface area contributed by atoms with Crippen LogP contribution in [0, 0.1) is 0 Å². The first-order valence-corrected chi connectivity index (χ1v) is 15.8. The van der Waals surface area contributed by atoms with Crippen molar-refractivity contribution < 1.29 is 56.0 Å². The van der Waals surface area contributed by atoms with Crippen molar-refractivity contribution >= 4 is 43.7 Å². The molecule has 10 unspecified atom stereocenters. The minimum atomic E-state index is -5.06. The van der Waals surface area contributed by atoms with Gasteiger partial charge in [0.05, 0.1) is 36.9 Å². The van der Waals surface area contributed by atoms with Crippen LogP contribution in [0.4, 0.5) is 10.2 Å². The average Bonchev–Trinajstić information content (AvgIpc) is 3.72. The third kappa shape index (κ3) is 5.15. The number of hydrogen-bond donors (Lipinski definition) is 4. The first-order valence-electron chi connectivity index (χ1n) is 12.8. The summed E-state index contributed by atoms with van der Waals surface area (Å²) in [7, 11) is -10.1. The molecule has 18 nitrogen and oxygen atoms in total. The number of alkyl halides is 1. The number of phosphoric acid groups is 2. The highest BCUT2D eigenvalue weighted by Gasteiger charge is 2.54. The van der Waals surface area contributed by atoms with Crippen LogP contribution in [0.3, 0.4) is 0 Å². The summed E-state index contributed by atoms with van der Waals surface area (Å²) in [6, 6.07) is 6.90. The van der Waals surface area contributed by atoms with E-state index in [0.29, 0.717) is 11.0 Å². The van der Waals surface area contributed by atoms with Gasteiger partial charge in [0, 0.05) is 0 Å². The highest BCUT2D eigenvalue weighted by molar-refractivity contribution is 7.47. The maximum absolute atomic E-state index is 15.9. The number of phosphoric ester groups is 2. The zero-order valence-corrected chi connectivity index (χ0v) is 23.5. The maximum atomic E-state index is 15.9. The molecule has 0 aliphatic carbocycles. The molecule has 3 aliphatic rings. The van der Waals surface area contributed by atoms with E-state index in [0.717, 1.165) is 6.33 Å². The van der Waals surface area contributed by atoms with Crippen LogP contribution in [0.25, 0.3) is 22.2 Å². The van der Waals surface area contributed by atoms with Gasteiger partial charge in [-0.15, -0.1) is 0 Å². The van der Waals surface area contributed by atoms with Gasteiger partial charge in [-0.1, -0.05) is 12.1 Å². The number of aromatic nitrogens is 6. The Kier molecular flexibility index (Phi) is 7.11. The lowest BCUT2D eigenvalue weighted by atomic mass is 10.1. The Bertz CT molecular complexity index is 1780. The summed E-state index contributed by atoms with van der Waals surface area (Å²) in [5.41, 5.74) is 7.16. The smallest absolute Gasteiger partial charge is 0.387 e. The van der Waals surface area contributed by atoms with Crippen LogP contribution in [0.2, 0.25) is 0 Å². The predicted octanol–water partition coefficient (Wildman–Crippen LogP) is 0.970. The fraction of sp³-hybridized carbons (Fsp3) is 0.455. The van der Waals surface area contributed by atoms with E-state index in [2.05, 4.69) is 19.9 Å². The maximum Gasteiger partial charge on any atom is 0.472 e. The van der Waals surface area contributed by atoms with Crippen LogP contribution in [0.15, 0.2) is 43.2 Å². The second-order valence-corrected chi connectivity index (χ2v) is 12.8. The van der Waals surface area contributed by atoms with Gasteiger partial charge in [0.1, 0.15) is 42.4 Å². The minimum Gasteiger partial charge on any atom is -0.387 e. The number of rotatable bonds is 2. The van der Waals surface area contributed by atoms with Crippen LogP contribution in [0.1, 0.15) is 12.5 Å². The van der Waals surface area contributed by atoms with E-state index in [1.165, 1.54) is 21.8 Å². The monoisotopic (exact) mass is 643 g/mol. The van der Waals surface area contributed by atoms with Crippen molar-refractivity contribution in [2.24, 2.45) is 0 Å². The third-order valence-electron chi connectivity index (χ3n) is 7.31. The topological polar surface area (TPSA) is 238 Å². The molecule has 0 saturated carbocycles. The van der Waals surface area contributed by atoms with Crippen LogP contribution in [-0.4, -0.2) is 93.9 Å². The van der Waals surface area contributed by atoms with Crippen LogP contribution in [0.5, 0.6) is 0 Å². The second kappa shape index (κ2) is 10.6. The molecule has 6 heterocycles. The predicted molar refractivity (Wildman–Crippen MR) is 139 cm³/mol. The van der Waals surface area contributed by atoms with E-state index in [1.54, 1.807) is 24.3 Å². The van der Waals surface area contributed by atoms with Gasteiger partial charge in [-0.3, -0.25) is 22.7 Å². The highest BCUT2D eigenvalue weighted by atomic mass is 31.2. The van der Waals surface area contributed by atoms with Crippen molar-refractivity contribution in [2.75, 3.05) is 18.9 Å². The molecule has 0 amide bonds. The van der Waals surface area contributed by atoms with Crippen molar-refractivity contribution in [3.05, 3.63) is 43.2 Å². The number of benzene rings is 1.